The molecular weight excluding hydrogens is 331 g/mol. The lowest BCUT2D eigenvalue weighted by atomic mass is 10.4. The summed E-state index contributed by atoms with van der Waals surface area (Å²) in [4.78, 5) is 6.53. The van der Waals surface area contributed by atoms with Gasteiger partial charge in [0.1, 0.15) is 0 Å². The zero-order valence-electron chi connectivity index (χ0n) is 10.3. The molecule has 6 heteroatoms. The zero-order chi connectivity index (χ0) is 11.4. The van der Waals surface area contributed by atoms with Crippen molar-refractivity contribution in [1.82, 2.24) is 15.4 Å². The number of halogens is 1. The van der Waals surface area contributed by atoms with Gasteiger partial charge in [-0.3, -0.25) is 4.99 Å². The summed E-state index contributed by atoms with van der Waals surface area (Å²) in [5.41, 5.74) is 0.910. The molecule has 17 heavy (non-hydrogen) atoms. The summed E-state index contributed by atoms with van der Waals surface area (Å²) in [5, 5.41) is 7.13. The van der Waals surface area contributed by atoms with Crippen molar-refractivity contribution in [3.05, 3.63) is 17.5 Å². The minimum absolute atomic E-state index is 0. The van der Waals surface area contributed by atoms with Crippen LogP contribution in [0.15, 0.2) is 15.6 Å². The van der Waals surface area contributed by atoms with E-state index in [1.807, 2.05) is 20.0 Å². The predicted molar refractivity (Wildman–Crippen MR) is 77.7 cm³/mol. The second kappa shape index (κ2) is 6.83. The fourth-order valence-corrected chi connectivity index (χ4v) is 1.93. The Morgan fingerprint density at radius 3 is 2.76 bits per heavy atom. The number of aliphatic imine (C=N–C) groups is 1. The molecule has 1 aliphatic heterocycles. The van der Waals surface area contributed by atoms with Crippen LogP contribution >= 0.6 is 24.0 Å². The number of rotatable bonds is 2. The number of aryl methyl sites for hydroxylation is 1. The van der Waals surface area contributed by atoms with Gasteiger partial charge in [-0.1, -0.05) is 5.16 Å². The molecule has 0 aromatic carbocycles. The first kappa shape index (κ1) is 14.3. The standard InChI is InChI=1S/C11H18N4O.HI/c1-9-7-10(16-14-9)8-13-11(12-2)15-5-3-4-6-15;/h7H,3-6,8H2,1-2H3,(H,12,13);1H. The van der Waals surface area contributed by atoms with E-state index < -0.39 is 0 Å². The number of hydrogen-bond donors (Lipinski definition) is 1. The van der Waals surface area contributed by atoms with E-state index in [4.69, 9.17) is 4.52 Å². The topological polar surface area (TPSA) is 53.7 Å². The van der Waals surface area contributed by atoms with Crippen molar-refractivity contribution in [2.24, 2.45) is 4.99 Å². The third-order valence-corrected chi connectivity index (χ3v) is 2.71. The van der Waals surface area contributed by atoms with Crippen LogP contribution in [0.1, 0.15) is 24.3 Å². The molecule has 1 fully saturated rings. The predicted octanol–water partition coefficient (Wildman–Crippen LogP) is 1.77. The van der Waals surface area contributed by atoms with Crippen molar-refractivity contribution in [3.8, 4) is 0 Å². The number of hydrogen-bond acceptors (Lipinski definition) is 3. The third kappa shape index (κ3) is 3.86. The fourth-order valence-electron chi connectivity index (χ4n) is 1.93. The van der Waals surface area contributed by atoms with Gasteiger partial charge in [0, 0.05) is 26.2 Å². The van der Waals surface area contributed by atoms with Gasteiger partial charge in [0.15, 0.2) is 11.7 Å². The Bertz CT molecular complexity index is 371. The van der Waals surface area contributed by atoms with E-state index in [1.165, 1.54) is 12.8 Å². The highest BCUT2D eigenvalue weighted by Crippen LogP contribution is 2.08. The van der Waals surface area contributed by atoms with Crippen LogP contribution in [-0.4, -0.2) is 36.2 Å². The summed E-state index contributed by atoms with van der Waals surface area (Å²) in [5.74, 6) is 1.80. The van der Waals surface area contributed by atoms with E-state index in [1.54, 1.807) is 0 Å². The van der Waals surface area contributed by atoms with Crippen molar-refractivity contribution in [1.29, 1.82) is 0 Å². The number of nitrogens with zero attached hydrogens (tertiary/aromatic N) is 3. The van der Waals surface area contributed by atoms with Gasteiger partial charge in [0.05, 0.1) is 12.2 Å². The summed E-state index contributed by atoms with van der Waals surface area (Å²) in [6.07, 6.45) is 2.50. The highest BCUT2D eigenvalue weighted by molar-refractivity contribution is 14.0. The van der Waals surface area contributed by atoms with Gasteiger partial charge >= 0.3 is 0 Å². The lowest BCUT2D eigenvalue weighted by Gasteiger charge is -2.20. The molecule has 0 radical (unpaired) electrons. The lowest BCUT2D eigenvalue weighted by Crippen LogP contribution is -2.39. The number of likely N-dealkylation sites (tertiary alicyclic amines) is 1. The number of nitrogens with one attached hydrogen (secondary N) is 1. The fraction of sp³-hybridized carbons (Fsp3) is 0.636. The Balaban J connectivity index is 0.00000144. The molecule has 1 N–H and O–H groups in total. The van der Waals surface area contributed by atoms with Gasteiger partial charge in [0.2, 0.25) is 0 Å². The van der Waals surface area contributed by atoms with Gasteiger partial charge < -0.3 is 14.7 Å². The van der Waals surface area contributed by atoms with Gasteiger partial charge in [-0.05, 0) is 19.8 Å². The molecule has 2 rings (SSSR count). The monoisotopic (exact) mass is 350 g/mol. The van der Waals surface area contributed by atoms with Crippen molar-refractivity contribution in [2.45, 2.75) is 26.3 Å². The van der Waals surface area contributed by atoms with Crippen molar-refractivity contribution < 1.29 is 4.52 Å². The van der Waals surface area contributed by atoms with Crippen LogP contribution in [0.4, 0.5) is 0 Å². The average Bonchev–Trinajstić information content (AvgIpc) is 2.91. The summed E-state index contributed by atoms with van der Waals surface area (Å²) >= 11 is 0. The largest absolute Gasteiger partial charge is 0.359 e. The molecule has 0 unspecified atom stereocenters. The quantitative estimate of drug-likeness (QED) is 0.502. The van der Waals surface area contributed by atoms with Crippen LogP contribution in [-0.2, 0) is 6.54 Å². The lowest BCUT2D eigenvalue weighted by molar-refractivity contribution is 0.373. The van der Waals surface area contributed by atoms with Crippen LogP contribution in [0.2, 0.25) is 0 Å². The molecule has 0 atom stereocenters. The van der Waals surface area contributed by atoms with Gasteiger partial charge in [0.25, 0.3) is 0 Å². The smallest absolute Gasteiger partial charge is 0.194 e. The summed E-state index contributed by atoms with van der Waals surface area (Å²) in [6.45, 7) is 4.75. The molecule has 0 aliphatic carbocycles. The third-order valence-electron chi connectivity index (χ3n) is 2.71. The first-order chi connectivity index (χ1) is 7.79. The molecule has 1 aliphatic rings. The second-order valence-corrected chi connectivity index (χ2v) is 4.03. The molecule has 0 spiro atoms. The van der Waals surface area contributed by atoms with Gasteiger partial charge in [-0.2, -0.15) is 0 Å². The van der Waals surface area contributed by atoms with Crippen molar-refractivity contribution >= 4 is 29.9 Å². The molecule has 1 aromatic rings. The normalized spacial score (nSPS) is 15.9. The first-order valence-corrected chi connectivity index (χ1v) is 5.67. The molecule has 1 aromatic heterocycles. The van der Waals surface area contributed by atoms with Crippen LogP contribution in [0, 0.1) is 6.92 Å². The molecule has 0 amide bonds. The minimum atomic E-state index is 0. The SMILES string of the molecule is CN=C(NCc1cc(C)no1)N1CCCC1.I. The number of aromatic nitrogens is 1. The van der Waals surface area contributed by atoms with Crippen LogP contribution < -0.4 is 5.32 Å². The van der Waals surface area contributed by atoms with Crippen LogP contribution in [0.25, 0.3) is 0 Å². The molecule has 2 heterocycles. The van der Waals surface area contributed by atoms with Crippen molar-refractivity contribution in [3.63, 3.8) is 0 Å². The maximum absolute atomic E-state index is 5.14. The Hall–Kier alpha value is -0.790. The van der Waals surface area contributed by atoms with E-state index in [0.717, 1.165) is 30.5 Å². The molecule has 96 valence electrons. The van der Waals surface area contributed by atoms with Crippen LogP contribution in [0.5, 0.6) is 0 Å². The Kier molecular flexibility index (Phi) is 5.73. The Morgan fingerprint density at radius 2 is 2.24 bits per heavy atom. The van der Waals surface area contributed by atoms with Gasteiger partial charge in [-0.25, -0.2) is 0 Å². The maximum atomic E-state index is 5.14. The average molecular weight is 350 g/mol. The van der Waals surface area contributed by atoms with Crippen molar-refractivity contribution in [2.75, 3.05) is 20.1 Å². The first-order valence-electron chi connectivity index (χ1n) is 5.67. The molecular formula is C11H19IN4O. The Labute approximate surface area is 119 Å². The maximum Gasteiger partial charge on any atom is 0.194 e. The highest BCUT2D eigenvalue weighted by atomic mass is 127. The molecule has 0 saturated carbocycles. The second-order valence-electron chi connectivity index (χ2n) is 4.03. The summed E-state index contributed by atoms with van der Waals surface area (Å²) in [7, 11) is 1.81. The van der Waals surface area contributed by atoms with E-state index in [-0.39, 0.29) is 24.0 Å². The van der Waals surface area contributed by atoms with Gasteiger partial charge in [-0.15, -0.1) is 24.0 Å². The van der Waals surface area contributed by atoms with E-state index in [2.05, 4.69) is 20.4 Å². The Morgan fingerprint density at radius 1 is 1.53 bits per heavy atom. The summed E-state index contributed by atoms with van der Waals surface area (Å²) < 4.78 is 5.14. The number of guanidine groups is 1. The molecule has 0 bridgehead atoms. The van der Waals surface area contributed by atoms with E-state index in [9.17, 15) is 0 Å². The highest BCUT2D eigenvalue weighted by Gasteiger charge is 2.15. The molecule has 1 saturated heterocycles. The molecule has 5 nitrogen and oxygen atoms in total. The minimum Gasteiger partial charge on any atom is -0.359 e. The zero-order valence-corrected chi connectivity index (χ0v) is 12.6. The van der Waals surface area contributed by atoms with E-state index in [0.29, 0.717) is 6.54 Å². The van der Waals surface area contributed by atoms with Crippen LogP contribution in [0.3, 0.4) is 0 Å². The summed E-state index contributed by atoms with van der Waals surface area (Å²) in [6, 6.07) is 1.93. The van der Waals surface area contributed by atoms with E-state index >= 15 is 0 Å².